The highest BCUT2D eigenvalue weighted by atomic mass is 32.2. The van der Waals surface area contributed by atoms with Gasteiger partial charge in [0.2, 0.25) is 0 Å². The van der Waals surface area contributed by atoms with E-state index in [9.17, 15) is 0 Å². The Kier molecular flexibility index (Phi) is 3.36. The zero-order valence-corrected chi connectivity index (χ0v) is 12.9. The number of benzene rings is 2. The quantitative estimate of drug-likeness (QED) is 0.633. The fourth-order valence-electron chi connectivity index (χ4n) is 2.42. The van der Waals surface area contributed by atoms with Crippen molar-refractivity contribution >= 4 is 29.1 Å². The molecule has 4 rings (SSSR count). The summed E-state index contributed by atoms with van der Waals surface area (Å²) >= 11 is 3.72. The second-order valence-electron chi connectivity index (χ2n) is 4.76. The highest BCUT2D eigenvalue weighted by molar-refractivity contribution is 8.25. The maximum atomic E-state index is 3.35. The third kappa shape index (κ3) is 2.43. The SMILES string of the molecule is C1=CC=CC=1C(=C1Sc2ccccc2S1)c1ccccc1. The Morgan fingerprint density at radius 3 is 2.10 bits per heavy atom. The maximum absolute atomic E-state index is 3.35. The summed E-state index contributed by atoms with van der Waals surface area (Å²) in [6.45, 7) is 0. The Morgan fingerprint density at radius 1 is 0.810 bits per heavy atom. The van der Waals surface area contributed by atoms with Crippen LogP contribution in [0.25, 0.3) is 5.57 Å². The van der Waals surface area contributed by atoms with Crippen molar-refractivity contribution in [2.75, 3.05) is 0 Å². The summed E-state index contributed by atoms with van der Waals surface area (Å²) in [5, 5.41) is 0. The van der Waals surface area contributed by atoms with Crippen molar-refractivity contribution < 1.29 is 0 Å². The lowest BCUT2D eigenvalue weighted by Crippen LogP contribution is -1.88. The largest absolute Gasteiger partial charge is 0.112 e. The monoisotopic (exact) mass is 304 g/mol. The van der Waals surface area contributed by atoms with Crippen LogP contribution in [0.15, 0.2) is 98.2 Å². The van der Waals surface area contributed by atoms with Crippen molar-refractivity contribution in [3.63, 3.8) is 0 Å². The third-order valence-electron chi connectivity index (χ3n) is 3.39. The van der Waals surface area contributed by atoms with E-state index in [0.29, 0.717) is 0 Å². The zero-order chi connectivity index (χ0) is 14.1. The van der Waals surface area contributed by atoms with Crippen LogP contribution in [0.2, 0.25) is 0 Å². The minimum absolute atomic E-state index is 1.17. The van der Waals surface area contributed by atoms with Gasteiger partial charge < -0.3 is 0 Å². The van der Waals surface area contributed by atoms with Gasteiger partial charge in [-0.2, -0.15) is 0 Å². The minimum Gasteiger partial charge on any atom is -0.112 e. The molecule has 0 spiro atoms. The molecule has 0 bridgehead atoms. The number of fused-ring (bicyclic) bond motifs is 1. The van der Waals surface area contributed by atoms with E-state index in [1.165, 1.54) is 30.7 Å². The maximum Gasteiger partial charge on any atom is 0.0590 e. The lowest BCUT2D eigenvalue weighted by atomic mass is 10.0. The molecule has 0 nitrogen and oxygen atoms in total. The van der Waals surface area contributed by atoms with E-state index in [1.54, 1.807) is 0 Å². The van der Waals surface area contributed by atoms with Crippen LogP contribution in [0.5, 0.6) is 0 Å². The molecule has 100 valence electrons. The molecule has 0 unspecified atom stereocenters. The van der Waals surface area contributed by atoms with E-state index < -0.39 is 0 Å². The van der Waals surface area contributed by atoms with Gasteiger partial charge in [-0.3, -0.25) is 0 Å². The molecule has 2 aliphatic rings. The molecular formula is C19H12S2. The molecule has 0 saturated carbocycles. The normalized spacial score (nSPS) is 15.2. The average Bonchev–Trinajstić information content (AvgIpc) is 3.18. The smallest absolute Gasteiger partial charge is 0.0590 e. The summed E-state index contributed by atoms with van der Waals surface area (Å²) in [5.41, 5.74) is 7.06. The van der Waals surface area contributed by atoms with Gasteiger partial charge in [-0.1, -0.05) is 72.1 Å². The van der Waals surface area contributed by atoms with Crippen LogP contribution in [0.4, 0.5) is 0 Å². The van der Waals surface area contributed by atoms with Gasteiger partial charge in [0.05, 0.1) is 4.24 Å². The molecule has 1 heterocycles. The summed E-state index contributed by atoms with van der Waals surface area (Å²) in [6, 6.07) is 19.2. The summed E-state index contributed by atoms with van der Waals surface area (Å²) < 4.78 is 1.34. The fourth-order valence-corrected chi connectivity index (χ4v) is 5.06. The molecule has 21 heavy (non-hydrogen) atoms. The summed E-state index contributed by atoms with van der Waals surface area (Å²) in [7, 11) is 0. The van der Waals surface area contributed by atoms with Crippen molar-refractivity contribution in [3.05, 3.63) is 93.9 Å². The molecule has 0 atom stereocenters. The molecule has 0 fully saturated rings. The van der Waals surface area contributed by atoms with Crippen LogP contribution in [0.3, 0.4) is 0 Å². The molecule has 1 aliphatic heterocycles. The van der Waals surface area contributed by atoms with E-state index in [0.717, 1.165) is 0 Å². The Balaban J connectivity index is 1.87. The van der Waals surface area contributed by atoms with E-state index in [1.807, 2.05) is 29.6 Å². The Bertz CT molecular complexity index is 793. The molecule has 2 aromatic carbocycles. The van der Waals surface area contributed by atoms with Crippen LogP contribution < -0.4 is 0 Å². The summed E-state index contributed by atoms with van der Waals surface area (Å²) in [4.78, 5) is 2.69. The fraction of sp³-hybridized carbons (Fsp3) is 0. The first-order chi connectivity index (χ1) is 10.4. The zero-order valence-electron chi connectivity index (χ0n) is 11.2. The Labute approximate surface area is 133 Å². The lowest BCUT2D eigenvalue weighted by molar-refractivity contribution is 1.27. The van der Waals surface area contributed by atoms with E-state index >= 15 is 0 Å². The van der Waals surface area contributed by atoms with Crippen molar-refractivity contribution in [2.45, 2.75) is 9.79 Å². The standard InChI is InChI=1S/C19H12S2/c1-2-8-14(9-3-1)18(15-10-4-5-11-15)19-20-16-12-6-7-13-17(16)21-19/h1-10,12-13H. The molecular weight excluding hydrogens is 292 g/mol. The number of hydrogen-bond donors (Lipinski definition) is 0. The Morgan fingerprint density at radius 2 is 1.48 bits per heavy atom. The predicted molar refractivity (Wildman–Crippen MR) is 92.3 cm³/mol. The molecule has 1 aliphatic carbocycles. The van der Waals surface area contributed by atoms with Gasteiger partial charge in [-0.25, -0.2) is 0 Å². The van der Waals surface area contributed by atoms with E-state index in [2.05, 4.69) is 72.5 Å². The number of rotatable bonds is 2. The summed E-state index contributed by atoms with van der Waals surface area (Å²) in [6.07, 6.45) is 6.17. The highest BCUT2D eigenvalue weighted by Gasteiger charge is 2.22. The van der Waals surface area contributed by atoms with Crippen molar-refractivity contribution in [2.24, 2.45) is 0 Å². The molecule has 0 aromatic heterocycles. The lowest BCUT2D eigenvalue weighted by Gasteiger charge is -2.10. The second kappa shape index (κ2) is 5.50. The molecule has 2 heteroatoms. The van der Waals surface area contributed by atoms with Crippen molar-refractivity contribution in [3.8, 4) is 0 Å². The Hall–Kier alpha value is -1.86. The first kappa shape index (κ1) is 12.8. The average molecular weight is 304 g/mol. The molecule has 0 radical (unpaired) electrons. The predicted octanol–water partition coefficient (Wildman–Crippen LogP) is 5.90. The number of hydrogen-bond acceptors (Lipinski definition) is 2. The minimum atomic E-state index is 1.17. The molecule has 0 saturated heterocycles. The van der Waals surface area contributed by atoms with Crippen molar-refractivity contribution in [1.82, 2.24) is 0 Å². The molecule has 0 amide bonds. The first-order valence-electron chi connectivity index (χ1n) is 6.80. The molecule has 0 N–H and O–H groups in total. The van der Waals surface area contributed by atoms with Crippen LogP contribution in [-0.4, -0.2) is 0 Å². The van der Waals surface area contributed by atoms with Gasteiger partial charge in [0.25, 0.3) is 0 Å². The highest BCUT2D eigenvalue weighted by Crippen LogP contribution is 2.54. The number of allylic oxidation sites excluding steroid dienone is 4. The van der Waals surface area contributed by atoms with Gasteiger partial charge in [-0.15, -0.1) is 5.73 Å². The molecule has 2 aromatic rings. The first-order valence-corrected chi connectivity index (χ1v) is 8.43. The van der Waals surface area contributed by atoms with Crippen LogP contribution in [0, 0.1) is 0 Å². The second-order valence-corrected chi connectivity index (χ2v) is 7.13. The van der Waals surface area contributed by atoms with Crippen LogP contribution >= 0.6 is 23.5 Å². The van der Waals surface area contributed by atoms with Gasteiger partial charge >= 0.3 is 0 Å². The van der Waals surface area contributed by atoms with Crippen molar-refractivity contribution in [1.29, 1.82) is 0 Å². The van der Waals surface area contributed by atoms with Gasteiger partial charge in [0.15, 0.2) is 0 Å². The van der Waals surface area contributed by atoms with E-state index in [4.69, 9.17) is 0 Å². The topological polar surface area (TPSA) is 0 Å². The van der Waals surface area contributed by atoms with Gasteiger partial charge in [0, 0.05) is 20.9 Å². The van der Waals surface area contributed by atoms with Crippen LogP contribution in [-0.2, 0) is 0 Å². The number of thioether (sulfide) groups is 2. The van der Waals surface area contributed by atoms with Gasteiger partial charge in [-0.05, 0) is 29.8 Å². The summed E-state index contributed by atoms with van der Waals surface area (Å²) in [5.74, 6) is 0. The van der Waals surface area contributed by atoms with E-state index in [-0.39, 0.29) is 0 Å². The van der Waals surface area contributed by atoms with Crippen LogP contribution in [0.1, 0.15) is 5.56 Å². The van der Waals surface area contributed by atoms with Gasteiger partial charge in [0.1, 0.15) is 0 Å². The third-order valence-corrected chi connectivity index (χ3v) is 5.95.